The highest BCUT2D eigenvalue weighted by atomic mass is 16.6. The van der Waals surface area contributed by atoms with Gasteiger partial charge < -0.3 is 18.9 Å². The molecule has 0 radical (unpaired) electrons. The lowest BCUT2D eigenvalue weighted by Crippen LogP contribution is -2.23. The molecule has 0 unspecified atom stereocenters. The second kappa shape index (κ2) is 9.70. The summed E-state index contributed by atoms with van der Waals surface area (Å²) in [6, 6.07) is 14.8. The topological polar surface area (TPSA) is 114 Å². The van der Waals surface area contributed by atoms with Gasteiger partial charge in [0.2, 0.25) is 11.4 Å². The van der Waals surface area contributed by atoms with E-state index < -0.39 is 5.97 Å². The summed E-state index contributed by atoms with van der Waals surface area (Å²) in [5, 5.41) is 22.9. The van der Waals surface area contributed by atoms with Crippen LogP contribution in [0.15, 0.2) is 52.2 Å². The Morgan fingerprint density at radius 3 is 2.78 bits per heavy atom. The van der Waals surface area contributed by atoms with Gasteiger partial charge in [0, 0.05) is 24.7 Å². The van der Waals surface area contributed by atoms with Crippen LogP contribution in [0.2, 0.25) is 0 Å². The Hall–Kier alpha value is -4.38. The van der Waals surface area contributed by atoms with Crippen LogP contribution in [0.25, 0.3) is 33.7 Å². The molecule has 36 heavy (non-hydrogen) atoms. The summed E-state index contributed by atoms with van der Waals surface area (Å²) >= 11 is 0. The van der Waals surface area contributed by atoms with Crippen LogP contribution in [0, 0.1) is 18.3 Å². The summed E-state index contributed by atoms with van der Waals surface area (Å²) in [7, 11) is 1.43. The highest BCUT2D eigenvalue weighted by Crippen LogP contribution is 2.37. The van der Waals surface area contributed by atoms with E-state index in [9.17, 15) is 10.1 Å². The molecule has 1 aliphatic carbocycles. The van der Waals surface area contributed by atoms with Crippen molar-refractivity contribution in [1.29, 1.82) is 5.26 Å². The molecule has 0 aliphatic heterocycles. The molecule has 182 valence electrons. The fraction of sp³-hybridized carbons (Fsp3) is 0.286. The number of aryl methyl sites for hydroxylation is 2. The Morgan fingerprint density at radius 2 is 2.00 bits per heavy atom. The summed E-state index contributed by atoms with van der Waals surface area (Å²) in [4.78, 5) is 20.8. The predicted molar refractivity (Wildman–Crippen MR) is 134 cm³/mol. The van der Waals surface area contributed by atoms with Gasteiger partial charge in [-0.2, -0.15) is 5.26 Å². The average molecular weight is 483 g/mol. The molecule has 4 aromatic rings. The number of aromatic nitrogens is 2. The first-order valence-corrected chi connectivity index (χ1v) is 12.0. The van der Waals surface area contributed by atoms with Gasteiger partial charge in [-0.25, -0.2) is 4.98 Å². The fourth-order valence-electron chi connectivity index (χ4n) is 5.05. The Morgan fingerprint density at radius 1 is 1.22 bits per heavy atom. The normalized spacial score (nSPS) is 13.1. The third-order valence-corrected chi connectivity index (χ3v) is 6.73. The first-order chi connectivity index (χ1) is 17.5. The smallest absolute Gasteiger partial charge is 0.303 e. The number of oxazole rings is 1. The van der Waals surface area contributed by atoms with Crippen LogP contribution < -0.4 is 5.49 Å². The Labute approximate surface area is 208 Å². The number of pyridine rings is 1. The molecular formula is C28H26N4O4. The number of rotatable bonds is 7. The molecule has 2 heterocycles. The number of carbonyl (C=O) groups is 1. The van der Waals surface area contributed by atoms with E-state index in [2.05, 4.69) is 42.4 Å². The lowest BCUT2D eigenvalue weighted by atomic mass is 9.91. The molecule has 0 atom stereocenters. The molecular weight excluding hydrogens is 456 g/mol. The standard InChI is InChI=1S/C28H26N4O4/c1-17-20(23-12-4-8-18-7-3-11-22(18)23)9-5-10-21(17)28-30-25-26(36-28)19(15-29)16-32(27(25)31-35-2)14-6-13-24(33)34/h4-5,8-10,12,16H,3,6-7,11,13-14H2,1-2H3,(H,33,34)/b31-27-. The molecule has 0 saturated carbocycles. The van der Waals surface area contributed by atoms with Gasteiger partial charge in [0.1, 0.15) is 18.7 Å². The molecule has 0 saturated heterocycles. The molecule has 0 amide bonds. The van der Waals surface area contributed by atoms with Crippen LogP contribution in [0.1, 0.15) is 41.5 Å². The molecule has 8 nitrogen and oxygen atoms in total. The zero-order chi connectivity index (χ0) is 25.2. The van der Waals surface area contributed by atoms with E-state index in [1.54, 1.807) is 10.8 Å². The largest absolute Gasteiger partial charge is 0.481 e. The number of hydrogen-bond acceptors (Lipinski definition) is 6. The van der Waals surface area contributed by atoms with Gasteiger partial charge in [0.05, 0.1) is 0 Å². The first kappa shape index (κ1) is 23.4. The second-order valence-corrected chi connectivity index (χ2v) is 8.91. The maximum Gasteiger partial charge on any atom is 0.303 e. The zero-order valence-corrected chi connectivity index (χ0v) is 20.2. The molecule has 0 spiro atoms. The summed E-state index contributed by atoms with van der Waals surface area (Å²) < 4.78 is 7.86. The second-order valence-electron chi connectivity index (χ2n) is 8.91. The summed E-state index contributed by atoms with van der Waals surface area (Å²) in [6.45, 7) is 2.40. The monoisotopic (exact) mass is 482 g/mol. The van der Waals surface area contributed by atoms with Crippen molar-refractivity contribution in [2.45, 2.75) is 45.6 Å². The predicted octanol–water partition coefficient (Wildman–Crippen LogP) is 4.96. The maximum atomic E-state index is 11.0. The Kier molecular flexibility index (Phi) is 6.30. The summed E-state index contributed by atoms with van der Waals surface area (Å²) in [6.07, 6.45) is 5.34. The van der Waals surface area contributed by atoms with Crippen LogP contribution in [-0.2, 0) is 29.0 Å². The number of nitrogens with zero attached hydrogens (tertiary/aromatic N) is 4. The van der Waals surface area contributed by atoms with E-state index in [-0.39, 0.29) is 6.42 Å². The summed E-state index contributed by atoms with van der Waals surface area (Å²) in [5.41, 5.74) is 8.47. The number of carboxylic acid groups (broad SMARTS) is 1. The highest BCUT2D eigenvalue weighted by molar-refractivity contribution is 5.83. The zero-order valence-electron chi connectivity index (χ0n) is 20.2. The Balaban J connectivity index is 1.65. The number of carboxylic acids is 1. The lowest BCUT2D eigenvalue weighted by molar-refractivity contribution is -0.137. The van der Waals surface area contributed by atoms with Gasteiger partial charge in [-0.3, -0.25) is 4.79 Å². The van der Waals surface area contributed by atoms with Crippen molar-refractivity contribution in [3.63, 3.8) is 0 Å². The molecule has 5 rings (SSSR count). The van der Waals surface area contributed by atoms with Gasteiger partial charge in [-0.15, -0.1) is 0 Å². The minimum absolute atomic E-state index is 0.00140. The molecule has 1 aliphatic rings. The lowest BCUT2D eigenvalue weighted by Gasteiger charge is -2.13. The van der Waals surface area contributed by atoms with Crippen LogP contribution in [0.5, 0.6) is 0 Å². The average Bonchev–Trinajstić information content (AvgIpc) is 3.53. The van der Waals surface area contributed by atoms with Crippen LogP contribution in [-0.4, -0.2) is 27.7 Å². The van der Waals surface area contributed by atoms with Crippen molar-refractivity contribution in [2.24, 2.45) is 5.16 Å². The van der Waals surface area contributed by atoms with Gasteiger partial charge in [0.15, 0.2) is 11.1 Å². The highest BCUT2D eigenvalue weighted by Gasteiger charge is 2.21. The van der Waals surface area contributed by atoms with Gasteiger partial charge in [-0.1, -0.05) is 35.5 Å². The number of benzene rings is 2. The minimum Gasteiger partial charge on any atom is -0.481 e. The van der Waals surface area contributed by atoms with E-state index in [1.165, 1.54) is 30.2 Å². The van der Waals surface area contributed by atoms with Gasteiger partial charge >= 0.3 is 5.97 Å². The van der Waals surface area contributed by atoms with Crippen LogP contribution >= 0.6 is 0 Å². The van der Waals surface area contributed by atoms with Crippen molar-refractivity contribution in [3.05, 3.63) is 70.3 Å². The number of fused-ring (bicyclic) bond motifs is 2. The first-order valence-electron chi connectivity index (χ1n) is 12.0. The SMILES string of the molecule is CO/N=c1/c2nc(-c3cccc(-c4cccc5c4CCC5)c3C)oc2c(C#N)cn1CCCC(=O)O. The quantitative estimate of drug-likeness (QED) is 0.373. The number of nitriles is 1. The third-order valence-electron chi connectivity index (χ3n) is 6.73. The summed E-state index contributed by atoms with van der Waals surface area (Å²) in [5.74, 6) is -0.491. The molecule has 2 aromatic heterocycles. The number of aliphatic carboxylic acids is 1. The van der Waals surface area contributed by atoms with Gasteiger partial charge in [0.25, 0.3) is 0 Å². The number of hydrogen-bond donors (Lipinski definition) is 1. The maximum absolute atomic E-state index is 11.0. The molecule has 0 bridgehead atoms. The van der Waals surface area contributed by atoms with Crippen LogP contribution in [0.4, 0.5) is 0 Å². The van der Waals surface area contributed by atoms with Crippen molar-refractivity contribution in [1.82, 2.24) is 9.55 Å². The van der Waals surface area contributed by atoms with E-state index in [0.29, 0.717) is 41.0 Å². The molecule has 0 fully saturated rings. The van der Waals surface area contributed by atoms with Crippen molar-refractivity contribution < 1.29 is 19.2 Å². The molecule has 2 aromatic carbocycles. The third kappa shape index (κ3) is 4.13. The van der Waals surface area contributed by atoms with Crippen molar-refractivity contribution in [2.75, 3.05) is 7.11 Å². The van der Waals surface area contributed by atoms with Crippen molar-refractivity contribution >= 4 is 17.1 Å². The van der Waals surface area contributed by atoms with E-state index in [0.717, 1.165) is 29.5 Å². The van der Waals surface area contributed by atoms with E-state index >= 15 is 0 Å². The van der Waals surface area contributed by atoms with Gasteiger partial charge in [-0.05, 0) is 66.5 Å². The Bertz CT molecular complexity index is 1590. The molecule has 1 N–H and O–H groups in total. The minimum atomic E-state index is -0.884. The van der Waals surface area contributed by atoms with E-state index in [4.69, 9.17) is 19.3 Å². The fourth-order valence-corrected chi connectivity index (χ4v) is 5.05. The van der Waals surface area contributed by atoms with Crippen molar-refractivity contribution in [3.8, 4) is 28.7 Å². The van der Waals surface area contributed by atoms with Crippen LogP contribution in [0.3, 0.4) is 0 Å². The van der Waals surface area contributed by atoms with E-state index in [1.807, 2.05) is 12.1 Å². The molecule has 8 heteroatoms.